The fourth-order valence-corrected chi connectivity index (χ4v) is 3.16. The second kappa shape index (κ2) is 13.5. The molecule has 0 aromatic heterocycles. The molecule has 0 heterocycles. The first-order chi connectivity index (χ1) is 17.9. The number of amides is 3. The van der Waals surface area contributed by atoms with Crippen LogP contribution in [0.2, 0.25) is 5.02 Å². The molecule has 0 radical (unpaired) electrons. The average molecular weight is 525 g/mol. The molecule has 3 rings (SSSR count). The van der Waals surface area contributed by atoms with Gasteiger partial charge >= 0.3 is 11.8 Å². The SMILES string of the molecule is COc1ccc(NC(=O)COc2c(/C=N\NC(=O)C(=O)NCc3ccc(Cl)cc3)cccc2OC)cc1. The van der Waals surface area contributed by atoms with Crippen LogP contribution in [0.5, 0.6) is 17.2 Å². The van der Waals surface area contributed by atoms with E-state index in [2.05, 4.69) is 21.2 Å². The molecule has 0 saturated heterocycles. The van der Waals surface area contributed by atoms with Crippen LogP contribution in [-0.2, 0) is 20.9 Å². The lowest BCUT2D eigenvalue weighted by molar-refractivity contribution is -0.139. The van der Waals surface area contributed by atoms with Gasteiger partial charge in [-0.15, -0.1) is 0 Å². The third-order valence-electron chi connectivity index (χ3n) is 4.89. The van der Waals surface area contributed by atoms with Crippen LogP contribution in [0.3, 0.4) is 0 Å². The number of carbonyl (C=O) groups is 3. The second-order valence-corrected chi connectivity index (χ2v) is 7.89. The molecular weight excluding hydrogens is 500 g/mol. The zero-order chi connectivity index (χ0) is 26.6. The van der Waals surface area contributed by atoms with E-state index in [1.54, 1.807) is 73.8 Å². The molecule has 11 heteroatoms. The molecule has 0 bridgehead atoms. The highest BCUT2D eigenvalue weighted by atomic mass is 35.5. The summed E-state index contributed by atoms with van der Waals surface area (Å²) in [5.41, 5.74) is 3.93. The molecule has 3 aromatic rings. The van der Waals surface area contributed by atoms with Gasteiger partial charge in [0.25, 0.3) is 5.91 Å². The van der Waals surface area contributed by atoms with Crippen LogP contribution in [0.15, 0.2) is 71.8 Å². The number of rotatable bonds is 10. The molecule has 0 aliphatic heterocycles. The summed E-state index contributed by atoms with van der Waals surface area (Å²) in [5.74, 6) is -0.949. The number of ether oxygens (including phenoxy) is 3. The van der Waals surface area contributed by atoms with E-state index in [0.717, 1.165) is 5.56 Å². The predicted molar refractivity (Wildman–Crippen MR) is 139 cm³/mol. The van der Waals surface area contributed by atoms with E-state index in [-0.39, 0.29) is 18.9 Å². The summed E-state index contributed by atoms with van der Waals surface area (Å²) >= 11 is 5.83. The molecule has 0 saturated carbocycles. The normalized spacial score (nSPS) is 10.5. The van der Waals surface area contributed by atoms with Crippen LogP contribution in [0.1, 0.15) is 11.1 Å². The van der Waals surface area contributed by atoms with Crippen molar-refractivity contribution in [3.63, 3.8) is 0 Å². The number of hydrazone groups is 1. The fourth-order valence-electron chi connectivity index (χ4n) is 3.03. The summed E-state index contributed by atoms with van der Waals surface area (Å²) in [5, 5.41) is 9.60. The third kappa shape index (κ3) is 8.25. The second-order valence-electron chi connectivity index (χ2n) is 7.45. The number of nitrogens with zero attached hydrogens (tertiary/aromatic N) is 1. The van der Waals surface area contributed by atoms with Gasteiger partial charge in [0.1, 0.15) is 5.75 Å². The van der Waals surface area contributed by atoms with Gasteiger partial charge in [0.2, 0.25) is 0 Å². The van der Waals surface area contributed by atoms with Crippen molar-refractivity contribution in [1.82, 2.24) is 10.7 Å². The number of para-hydroxylation sites is 1. The van der Waals surface area contributed by atoms with Crippen LogP contribution >= 0.6 is 11.6 Å². The number of hydrogen-bond acceptors (Lipinski definition) is 7. The van der Waals surface area contributed by atoms with Gasteiger partial charge in [0.05, 0.1) is 20.4 Å². The lowest BCUT2D eigenvalue weighted by Gasteiger charge is -2.13. The van der Waals surface area contributed by atoms with Crippen molar-refractivity contribution in [1.29, 1.82) is 0 Å². The molecule has 3 aromatic carbocycles. The van der Waals surface area contributed by atoms with E-state index in [9.17, 15) is 14.4 Å². The van der Waals surface area contributed by atoms with Crippen LogP contribution in [0.4, 0.5) is 5.69 Å². The number of anilines is 1. The van der Waals surface area contributed by atoms with Gasteiger partial charge in [-0.05, 0) is 54.1 Å². The Hall–Kier alpha value is -4.57. The smallest absolute Gasteiger partial charge is 0.329 e. The van der Waals surface area contributed by atoms with Crippen molar-refractivity contribution in [2.24, 2.45) is 5.10 Å². The summed E-state index contributed by atoms with van der Waals surface area (Å²) in [6.07, 6.45) is 1.28. The van der Waals surface area contributed by atoms with E-state index in [4.69, 9.17) is 25.8 Å². The molecule has 3 amide bonds. The minimum atomic E-state index is -0.950. The van der Waals surface area contributed by atoms with Crippen molar-refractivity contribution < 1.29 is 28.6 Å². The van der Waals surface area contributed by atoms with Crippen LogP contribution < -0.4 is 30.3 Å². The Labute approximate surface area is 218 Å². The standard InChI is InChI=1S/C26H25ClN4O6/c1-35-21-12-10-20(11-13-21)30-23(32)16-37-24-18(4-3-5-22(24)36-2)15-29-31-26(34)25(33)28-14-17-6-8-19(27)9-7-17/h3-13,15H,14,16H2,1-2H3,(H,28,33)(H,30,32)(H,31,34)/b29-15-. The molecule has 3 N–H and O–H groups in total. The molecule has 10 nitrogen and oxygen atoms in total. The Bertz CT molecular complexity index is 1260. The van der Waals surface area contributed by atoms with Crippen molar-refractivity contribution in [2.45, 2.75) is 6.54 Å². The zero-order valence-corrected chi connectivity index (χ0v) is 20.9. The van der Waals surface area contributed by atoms with Gasteiger partial charge in [-0.25, -0.2) is 5.43 Å². The molecule has 37 heavy (non-hydrogen) atoms. The predicted octanol–water partition coefficient (Wildman–Crippen LogP) is 3.14. The van der Waals surface area contributed by atoms with Crippen molar-refractivity contribution in [3.8, 4) is 17.2 Å². The molecule has 0 spiro atoms. The maximum absolute atomic E-state index is 12.4. The van der Waals surface area contributed by atoms with Crippen molar-refractivity contribution >= 4 is 41.2 Å². The topological polar surface area (TPSA) is 127 Å². The van der Waals surface area contributed by atoms with Crippen molar-refractivity contribution in [3.05, 3.63) is 82.9 Å². The Kier molecular flexibility index (Phi) is 9.86. The first kappa shape index (κ1) is 27.0. The number of benzene rings is 3. The molecule has 192 valence electrons. The number of halogens is 1. The number of carbonyl (C=O) groups excluding carboxylic acids is 3. The average Bonchev–Trinajstić information content (AvgIpc) is 2.91. The highest BCUT2D eigenvalue weighted by Crippen LogP contribution is 2.30. The van der Waals surface area contributed by atoms with Crippen molar-refractivity contribution in [2.75, 3.05) is 26.1 Å². The van der Waals surface area contributed by atoms with E-state index in [1.165, 1.54) is 13.3 Å². The van der Waals surface area contributed by atoms with Gasteiger partial charge in [0, 0.05) is 22.8 Å². The molecule has 0 atom stereocenters. The Balaban J connectivity index is 1.56. The maximum atomic E-state index is 12.4. The van der Waals surface area contributed by atoms with Gasteiger partial charge in [-0.1, -0.05) is 29.8 Å². The van der Waals surface area contributed by atoms with E-state index >= 15 is 0 Å². The van der Waals surface area contributed by atoms with Gasteiger partial charge in [0.15, 0.2) is 18.1 Å². The maximum Gasteiger partial charge on any atom is 0.329 e. The largest absolute Gasteiger partial charge is 0.497 e. The lowest BCUT2D eigenvalue weighted by Crippen LogP contribution is -2.37. The van der Waals surface area contributed by atoms with Gasteiger partial charge in [-0.3, -0.25) is 14.4 Å². The molecular formula is C26H25ClN4O6. The van der Waals surface area contributed by atoms with Crippen LogP contribution in [-0.4, -0.2) is 44.8 Å². The Morgan fingerprint density at radius 3 is 2.32 bits per heavy atom. The number of nitrogens with one attached hydrogen (secondary N) is 3. The van der Waals surface area contributed by atoms with E-state index in [1.807, 2.05) is 0 Å². The summed E-state index contributed by atoms with van der Waals surface area (Å²) in [7, 11) is 3.01. The minimum Gasteiger partial charge on any atom is -0.497 e. The fraction of sp³-hybridized carbons (Fsp3) is 0.154. The molecule has 0 fully saturated rings. The summed E-state index contributed by atoms with van der Waals surface area (Å²) in [6, 6.07) is 18.7. The van der Waals surface area contributed by atoms with E-state index in [0.29, 0.717) is 27.8 Å². The first-order valence-electron chi connectivity index (χ1n) is 11.0. The van der Waals surface area contributed by atoms with Gasteiger partial charge < -0.3 is 24.8 Å². The Morgan fingerprint density at radius 1 is 0.919 bits per heavy atom. The highest BCUT2D eigenvalue weighted by molar-refractivity contribution is 6.35. The number of hydrogen-bond donors (Lipinski definition) is 3. The summed E-state index contributed by atoms with van der Waals surface area (Å²) in [6.45, 7) is -0.160. The third-order valence-corrected chi connectivity index (χ3v) is 5.14. The monoisotopic (exact) mass is 524 g/mol. The Morgan fingerprint density at radius 2 is 1.65 bits per heavy atom. The quantitative estimate of drug-likeness (QED) is 0.212. The highest BCUT2D eigenvalue weighted by Gasteiger charge is 2.14. The van der Waals surface area contributed by atoms with Crippen LogP contribution in [0, 0.1) is 0 Å². The minimum absolute atomic E-state index is 0.152. The number of methoxy groups -OCH3 is 2. The first-order valence-corrected chi connectivity index (χ1v) is 11.4. The van der Waals surface area contributed by atoms with Gasteiger partial charge in [-0.2, -0.15) is 5.10 Å². The molecule has 0 aliphatic rings. The molecule has 0 aliphatic carbocycles. The molecule has 0 unspecified atom stereocenters. The summed E-state index contributed by atoms with van der Waals surface area (Å²) < 4.78 is 16.1. The zero-order valence-electron chi connectivity index (χ0n) is 20.1. The summed E-state index contributed by atoms with van der Waals surface area (Å²) in [4.78, 5) is 36.5. The van der Waals surface area contributed by atoms with Crippen LogP contribution in [0.25, 0.3) is 0 Å². The van der Waals surface area contributed by atoms with E-state index < -0.39 is 17.7 Å². The lowest BCUT2D eigenvalue weighted by atomic mass is 10.2.